The maximum Gasteiger partial charge on any atom is 0.147 e. The summed E-state index contributed by atoms with van der Waals surface area (Å²) < 4.78 is 5.05. The molecule has 0 aromatic heterocycles. The molecule has 2 N–H and O–H groups in total. The maximum absolute atomic E-state index is 11.2. The van der Waals surface area contributed by atoms with Gasteiger partial charge in [-0.3, -0.25) is 4.79 Å². The summed E-state index contributed by atoms with van der Waals surface area (Å²) in [6.07, 6.45) is 0.342. The molecule has 0 fully saturated rings. The number of anilines is 1. The van der Waals surface area contributed by atoms with E-state index in [1.165, 1.54) is 0 Å². The van der Waals surface area contributed by atoms with E-state index >= 15 is 0 Å². The van der Waals surface area contributed by atoms with Crippen LogP contribution in [0.4, 0.5) is 5.69 Å². The number of carbonyl (C=O) groups excluding carboxylic acids is 1. The highest BCUT2D eigenvalue weighted by molar-refractivity contribution is 9.09. The Morgan fingerprint density at radius 1 is 1.57 bits per heavy atom. The third-order valence-corrected chi connectivity index (χ3v) is 2.54. The predicted octanol–water partition coefficient (Wildman–Crippen LogP) is 1.78. The molecule has 1 aromatic carbocycles. The van der Waals surface area contributed by atoms with Crippen molar-refractivity contribution in [2.75, 3.05) is 18.2 Å². The topological polar surface area (TPSA) is 52.3 Å². The van der Waals surface area contributed by atoms with E-state index in [4.69, 9.17) is 10.5 Å². The summed E-state index contributed by atoms with van der Waals surface area (Å²) in [4.78, 5) is 11.2. The van der Waals surface area contributed by atoms with E-state index in [-0.39, 0.29) is 5.78 Å². The number of ether oxygens (including phenoxy) is 1. The number of hydrogen-bond acceptors (Lipinski definition) is 3. The lowest BCUT2D eigenvalue weighted by Gasteiger charge is -2.08. The number of methoxy groups -OCH3 is 1. The zero-order chi connectivity index (χ0) is 10.6. The van der Waals surface area contributed by atoms with Crippen molar-refractivity contribution in [3.8, 4) is 5.75 Å². The third kappa shape index (κ3) is 2.48. The smallest absolute Gasteiger partial charge is 0.147 e. The van der Waals surface area contributed by atoms with Gasteiger partial charge in [-0.15, -0.1) is 0 Å². The van der Waals surface area contributed by atoms with Gasteiger partial charge in [-0.2, -0.15) is 0 Å². The minimum atomic E-state index is 0.102. The molecular weight excluding hydrogens is 246 g/mol. The lowest BCUT2D eigenvalue weighted by molar-refractivity contribution is -0.115. The van der Waals surface area contributed by atoms with E-state index in [2.05, 4.69) is 15.9 Å². The fourth-order valence-electron chi connectivity index (χ4n) is 1.18. The summed E-state index contributed by atoms with van der Waals surface area (Å²) in [6.45, 7) is 0. The Balaban J connectivity index is 2.92. The number of Topliss-reactive ketones (excluding diaryl/α,β-unsaturated/α-hetero) is 1. The van der Waals surface area contributed by atoms with Gasteiger partial charge in [-0.1, -0.05) is 28.1 Å². The number of alkyl halides is 1. The van der Waals surface area contributed by atoms with Crippen molar-refractivity contribution in [1.82, 2.24) is 0 Å². The molecule has 0 spiro atoms. The largest absolute Gasteiger partial charge is 0.495 e. The van der Waals surface area contributed by atoms with Crippen LogP contribution < -0.4 is 10.5 Å². The number of carbonyl (C=O) groups is 1. The lowest BCUT2D eigenvalue weighted by atomic mass is 10.1. The zero-order valence-corrected chi connectivity index (χ0v) is 9.50. The molecule has 0 aliphatic rings. The molecule has 0 saturated carbocycles. The minimum absolute atomic E-state index is 0.102. The predicted molar refractivity (Wildman–Crippen MR) is 59.9 cm³/mol. The van der Waals surface area contributed by atoms with Crippen molar-refractivity contribution >= 4 is 27.4 Å². The molecule has 1 aromatic rings. The van der Waals surface area contributed by atoms with Gasteiger partial charge in [0.1, 0.15) is 11.5 Å². The highest BCUT2D eigenvalue weighted by Crippen LogP contribution is 2.25. The van der Waals surface area contributed by atoms with Crippen LogP contribution in [0, 0.1) is 0 Å². The first-order valence-corrected chi connectivity index (χ1v) is 5.30. The Kier molecular flexibility index (Phi) is 3.95. The Labute approximate surface area is 91.4 Å². The second-order valence-corrected chi connectivity index (χ2v) is 3.44. The van der Waals surface area contributed by atoms with E-state index in [0.717, 1.165) is 5.56 Å². The van der Waals surface area contributed by atoms with Crippen LogP contribution in [0.5, 0.6) is 5.75 Å². The number of hydrogen-bond donors (Lipinski definition) is 1. The average molecular weight is 258 g/mol. The molecule has 0 amide bonds. The van der Waals surface area contributed by atoms with Crippen molar-refractivity contribution in [3.05, 3.63) is 23.8 Å². The summed E-state index contributed by atoms with van der Waals surface area (Å²) in [5.41, 5.74) is 7.16. The first kappa shape index (κ1) is 11.0. The molecule has 0 heterocycles. The molecule has 0 saturated heterocycles. The molecule has 0 unspecified atom stereocenters. The van der Waals surface area contributed by atoms with E-state index < -0.39 is 0 Å². The van der Waals surface area contributed by atoms with Gasteiger partial charge in [0.15, 0.2) is 0 Å². The van der Waals surface area contributed by atoms with Crippen LogP contribution in [0.25, 0.3) is 0 Å². The molecule has 0 aliphatic carbocycles. The lowest BCUT2D eigenvalue weighted by Crippen LogP contribution is -2.06. The van der Waals surface area contributed by atoms with Crippen LogP contribution >= 0.6 is 15.9 Å². The summed E-state index contributed by atoms with van der Waals surface area (Å²) >= 11 is 3.11. The van der Waals surface area contributed by atoms with Crippen LogP contribution in [-0.4, -0.2) is 18.2 Å². The highest BCUT2D eigenvalue weighted by Gasteiger charge is 2.08. The molecule has 14 heavy (non-hydrogen) atoms. The Bertz CT molecular complexity index is 339. The van der Waals surface area contributed by atoms with Crippen LogP contribution in [0.3, 0.4) is 0 Å². The maximum atomic E-state index is 11.2. The Morgan fingerprint density at radius 3 is 2.86 bits per heavy atom. The van der Waals surface area contributed by atoms with Gasteiger partial charge in [0.2, 0.25) is 0 Å². The molecule has 0 bridgehead atoms. The Morgan fingerprint density at radius 2 is 2.29 bits per heavy atom. The molecular formula is C10H12BrNO2. The van der Waals surface area contributed by atoms with E-state index in [0.29, 0.717) is 23.2 Å². The SMILES string of the molecule is COc1cccc(CC(=O)CBr)c1N. The monoisotopic (exact) mass is 257 g/mol. The molecule has 76 valence electrons. The number of benzene rings is 1. The minimum Gasteiger partial charge on any atom is -0.495 e. The molecule has 0 radical (unpaired) electrons. The normalized spacial score (nSPS) is 9.86. The average Bonchev–Trinajstić information content (AvgIpc) is 2.21. The first-order valence-electron chi connectivity index (χ1n) is 4.18. The van der Waals surface area contributed by atoms with Gasteiger partial charge in [-0.05, 0) is 11.6 Å². The second-order valence-electron chi connectivity index (χ2n) is 2.88. The van der Waals surface area contributed by atoms with Crippen molar-refractivity contribution in [2.24, 2.45) is 0 Å². The second kappa shape index (κ2) is 5.00. The van der Waals surface area contributed by atoms with Gasteiger partial charge in [0.25, 0.3) is 0 Å². The van der Waals surface area contributed by atoms with Crippen LogP contribution in [0.2, 0.25) is 0 Å². The molecule has 0 atom stereocenters. The van der Waals surface area contributed by atoms with Gasteiger partial charge < -0.3 is 10.5 Å². The first-order chi connectivity index (χ1) is 6.69. The van der Waals surface area contributed by atoms with Crippen molar-refractivity contribution < 1.29 is 9.53 Å². The molecule has 1 rings (SSSR count). The summed E-state index contributed by atoms with van der Waals surface area (Å²) in [6, 6.07) is 5.43. The van der Waals surface area contributed by atoms with E-state index in [1.54, 1.807) is 13.2 Å². The molecule has 0 aliphatic heterocycles. The van der Waals surface area contributed by atoms with Crippen LogP contribution in [0.15, 0.2) is 18.2 Å². The van der Waals surface area contributed by atoms with Gasteiger partial charge in [-0.25, -0.2) is 0 Å². The fraction of sp³-hybridized carbons (Fsp3) is 0.300. The standard InChI is InChI=1S/C10H12BrNO2/c1-14-9-4-2-3-7(10(9)12)5-8(13)6-11/h2-4H,5-6,12H2,1H3. The zero-order valence-electron chi connectivity index (χ0n) is 7.92. The van der Waals surface area contributed by atoms with Gasteiger partial charge in [0, 0.05) is 6.42 Å². The van der Waals surface area contributed by atoms with Gasteiger partial charge in [0.05, 0.1) is 18.1 Å². The Hall–Kier alpha value is -1.03. The number of para-hydroxylation sites is 1. The number of nitrogens with two attached hydrogens (primary N) is 1. The fourth-order valence-corrected chi connectivity index (χ4v) is 1.38. The van der Waals surface area contributed by atoms with Crippen LogP contribution in [-0.2, 0) is 11.2 Å². The number of ketones is 1. The van der Waals surface area contributed by atoms with Crippen molar-refractivity contribution in [2.45, 2.75) is 6.42 Å². The summed E-state index contributed by atoms with van der Waals surface area (Å²) in [5, 5.41) is 0.351. The van der Waals surface area contributed by atoms with Crippen molar-refractivity contribution in [1.29, 1.82) is 0 Å². The molecule has 4 heteroatoms. The number of nitrogen functional groups attached to an aromatic ring is 1. The quantitative estimate of drug-likeness (QED) is 0.661. The van der Waals surface area contributed by atoms with Crippen LogP contribution in [0.1, 0.15) is 5.56 Å². The number of rotatable bonds is 4. The van der Waals surface area contributed by atoms with E-state index in [9.17, 15) is 4.79 Å². The number of halogens is 1. The summed E-state index contributed by atoms with van der Waals surface area (Å²) in [5.74, 6) is 0.717. The summed E-state index contributed by atoms with van der Waals surface area (Å²) in [7, 11) is 1.56. The van der Waals surface area contributed by atoms with E-state index in [1.807, 2.05) is 12.1 Å². The highest BCUT2D eigenvalue weighted by atomic mass is 79.9. The van der Waals surface area contributed by atoms with Gasteiger partial charge >= 0.3 is 0 Å². The molecule has 3 nitrogen and oxygen atoms in total. The van der Waals surface area contributed by atoms with Crippen molar-refractivity contribution in [3.63, 3.8) is 0 Å². The third-order valence-electron chi connectivity index (χ3n) is 1.91.